The van der Waals surface area contributed by atoms with Crippen LogP contribution in [0.2, 0.25) is 5.02 Å². The first kappa shape index (κ1) is 16.8. The van der Waals surface area contributed by atoms with Crippen LogP contribution in [-0.2, 0) is 0 Å². The van der Waals surface area contributed by atoms with Crippen LogP contribution < -0.4 is 10.6 Å². The Kier molecular flexibility index (Phi) is 4.57. The van der Waals surface area contributed by atoms with E-state index in [0.717, 1.165) is 0 Å². The minimum atomic E-state index is -0.462. The fourth-order valence-corrected chi connectivity index (χ4v) is 2.85. The van der Waals surface area contributed by atoms with E-state index in [2.05, 4.69) is 20.1 Å². The van der Waals surface area contributed by atoms with Crippen LogP contribution in [0.5, 0.6) is 0 Å². The first-order valence-corrected chi connectivity index (χ1v) is 7.63. The van der Waals surface area contributed by atoms with Crippen LogP contribution in [0.15, 0.2) is 28.0 Å². The number of nitro groups is 1. The van der Waals surface area contributed by atoms with Gasteiger partial charge in [-0.3, -0.25) is 10.1 Å². The van der Waals surface area contributed by atoms with Crippen molar-refractivity contribution in [2.45, 2.75) is 0 Å². The van der Waals surface area contributed by atoms with Crippen molar-refractivity contribution in [2.24, 2.45) is 5.16 Å². The number of amidine groups is 1. The normalized spacial score (nSPS) is 15.5. The van der Waals surface area contributed by atoms with Crippen LogP contribution in [0, 0.1) is 10.1 Å². The molecule has 1 aliphatic heterocycles. The van der Waals surface area contributed by atoms with Gasteiger partial charge in [0, 0.05) is 37.3 Å². The minimum absolute atomic E-state index is 0.0172. The largest absolute Gasteiger partial charge is 0.409 e. The number of aromatic nitrogens is 2. The van der Waals surface area contributed by atoms with E-state index < -0.39 is 4.92 Å². The Labute approximate surface area is 146 Å². The van der Waals surface area contributed by atoms with Gasteiger partial charge in [-0.1, -0.05) is 16.8 Å². The lowest BCUT2D eigenvalue weighted by Gasteiger charge is -2.36. The molecular formula is C13H14ClN7O4. The molecule has 0 unspecified atom stereocenters. The number of piperazine rings is 1. The molecule has 2 aromatic rings. The smallest absolute Gasteiger partial charge is 0.294 e. The molecule has 25 heavy (non-hydrogen) atoms. The molecule has 11 nitrogen and oxygen atoms in total. The van der Waals surface area contributed by atoms with E-state index in [4.69, 9.17) is 17.3 Å². The number of rotatable bonds is 3. The van der Waals surface area contributed by atoms with Crippen LogP contribution >= 0.6 is 11.6 Å². The first-order valence-electron chi connectivity index (χ1n) is 7.25. The van der Waals surface area contributed by atoms with E-state index in [1.54, 1.807) is 17.0 Å². The summed E-state index contributed by atoms with van der Waals surface area (Å²) in [5, 5.41) is 31.1. The Morgan fingerprint density at radius 2 is 2.08 bits per heavy atom. The van der Waals surface area contributed by atoms with Crippen LogP contribution in [0.4, 0.5) is 17.2 Å². The first-order chi connectivity index (χ1) is 12.0. The number of halogens is 1. The predicted octanol–water partition coefficient (Wildman–Crippen LogP) is 1.17. The van der Waals surface area contributed by atoms with Gasteiger partial charge in [0.1, 0.15) is 5.69 Å². The second-order valence-electron chi connectivity index (χ2n) is 5.29. The summed E-state index contributed by atoms with van der Waals surface area (Å²) in [6.45, 7) is 1.80. The summed E-state index contributed by atoms with van der Waals surface area (Å²) < 4.78 is 4.52. The second kappa shape index (κ2) is 6.81. The molecule has 0 amide bonds. The summed E-state index contributed by atoms with van der Waals surface area (Å²) in [5.74, 6) is 0.160. The van der Waals surface area contributed by atoms with Gasteiger partial charge in [-0.2, -0.15) is 0 Å². The van der Waals surface area contributed by atoms with Gasteiger partial charge in [-0.15, -0.1) is 0 Å². The van der Waals surface area contributed by atoms with Gasteiger partial charge in [-0.25, -0.2) is 4.63 Å². The molecule has 0 atom stereocenters. The van der Waals surface area contributed by atoms with E-state index in [0.29, 0.717) is 36.9 Å². The van der Waals surface area contributed by atoms with Gasteiger partial charge in [0.15, 0.2) is 11.5 Å². The molecule has 1 aromatic heterocycles. The fourth-order valence-electron chi connectivity index (χ4n) is 2.68. The third-order valence-electron chi connectivity index (χ3n) is 3.87. The average molecular weight is 368 g/mol. The van der Waals surface area contributed by atoms with E-state index in [1.165, 1.54) is 6.07 Å². The molecule has 1 aliphatic rings. The van der Waals surface area contributed by atoms with E-state index in [9.17, 15) is 15.3 Å². The highest BCUT2D eigenvalue weighted by Gasteiger charge is 2.28. The zero-order valence-electron chi connectivity index (χ0n) is 12.9. The van der Waals surface area contributed by atoms with Crippen LogP contribution in [0.1, 0.15) is 5.69 Å². The molecule has 3 rings (SSSR count). The number of hydrogen-bond acceptors (Lipinski definition) is 9. The quantitative estimate of drug-likeness (QED) is 0.268. The number of nitrogen functional groups attached to an aromatic ring is 1. The van der Waals surface area contributed by atoms with Crippen LogP contribution in [0.25, 0.3) is 0 Å². The molecule has 0 aliphatic carbocycles. The van der Waals surface area contributed by atoms with Gasteiger partial charge >= 0.3 is 0 Å². The summed E-state index contributed by atoms with van der Waals surface area (Å²) in [4.78, 5) is 14.4. The number of anilines is 2. The SMILES string of the molecule is Nc1nonc1/C(=N\O)N1CCN(c2ccc(Cl)cc2[N+](=O)[O-])CC1. The van der Waals surface area contributed by atoms with Crippen LogP contribution in [0.3, 0.4) is 0 Å². The summed E-state index contributed by atoms with van der Waals surface area (Å²) in [5.41, 5.74) is 6.20. The van der Waals surface area contributed by atoms with Crippen molar-refractivity contribution in [1.29, 1.82) is 0 Å². The van der Waals surface area contributed by atoms with E-state index in [-0.39, 0.29) is 23.0 Å². The third kappa shape index (κ3) is 3.26. The molecule has 132 valence electrons. The molecule has 12 heteroatoms. The highest BCUT2D eigenvalue weighted by molar-refractivity contribution is 6.30. The summed E-state index contributed by atoms with van der Waals surface area (Å²) in [6, 6.07) is 4.56. The third-order valence-corrected chi connectivity index (χ3v) is 4.11. The summed E-state index contributed by atoms with van der Waals surface area (Å²) in [6.07, 6.45) is 0. The molecule has 0 bridgehead atoms. The molecule has 2 heterocycles. The highest BCUT2D eigenvalue weighted by atomic mass is 35.5. The predicted molar refractivity (Wildman–Crippen MR) is 88.9 cm³/mol. The van der Waals surface area contributed by atoms with Gasteiger partial charge in [0.05, 0.1) is 4.92 Å². The van der Waals surface area contributed by atoms with Crippen molar-refractivity contribution in [3.05, 3.63) is 39.0 Å². The Hall–Kier alpha value is -3.08. The molecular weight excluding hydrogens is 354 g/mol. The number of nitro benzene ring substituents is 1. The highest BCUT2D eigenvalue weighted by Crippen LogP contribution is 2.31. The van der Waals surface area contributed by atoms with Crippen molar-refractivity contribution in [2.75, 3.05) is 36.8 Å². The van der Waals surface area contributed by atoms with E-state index >= 15 is 0 Å². The molecule has 1 aromatic carbocycles. The zero-order chi connectivity index (χ0) is 18.0. The number of nitrogens with zero attached hydrogens (tertiary/aromatic N) is 6. The van der Waals surface area contributed by atoms with Gasteiger partial charge in [0.2, 0.25) is 5.84 Å². The van der Waals surface area contributed by atoms with Gasteiger partial charge < -0.3 is 20.7 Å². The lowest BCUT2D eigenvalue weighted by Crippen LogP contribution is -2.49. The minimum Gasteiger partial charge on any atom is -0.409 e. The lowest BCUT2D eigenvalue weighted by atomic mass is 10.2. The summed E-state index contributed by atoms with van der Waals surface area (Å²) in [7, 11) is 0. The monoisotopic (exact) mass is 367 g/mol. The maximum Gasteiger partial charge on any atom is 0.294 e. The topological polar surface area (TPSA) is 147 Å². The van der Waals surface area contributed by atoms with Gasteiger partial charge in [-0.05, 0) is 22.4 Å². The van der Waals surface area contributed by atoms with Crippen molar-refractivity contribution in [1.82, 2.24) is 15.2 Å². The second-order valence-corrected chi connectivity index (χ2v) is 5.72. The lowest BCUT2D eigenvalue weighted by molar-refractivity contribution is -0.384. The van der Waals surface area contributed by atoms with Crippen LogP contribution in [-0.4, -0.2) is 57.4 Å². The molecule has 0 saturated carbocycles. The van der Waals surface area contributed by atoms with Crippen molar-refractivity contribution in [3.8, 4) is 0 Å². The Bertz CT molecular complexity index is 816. The number of nitrogens with two attached hydrogens (primary N) is 1. The molecule has 1 fully saturated rings. The Morgan fingerprint density at radius 3 is 2.64 bits per heavy atom. The van der Waals surface area contributed by atoms with E-state index in [1.807, 2.05) is 4.90 Å². The average Bonchev–Trinajstić information content (AvgIpc) is 3.02. The Balaban J connectivity index is 1.76. The number of oxime groups is 1. The molecule has 0 spiro atoms. The molecule has 0 radical (unpaired) electrons. The zero-order valence-corrected chi connectivity index (χ0v) is 13.6. The van der Waals surface area contributed by atoms with Crippen molar-refractivity contribution >= 4 is 34.6 Å². The van der Waals surface area contributed by atoms with Crippen molar-refractivity contribution in [3.63, 3.8) is 0 Å². The molecule has 3 N–H and O–H groups in total. The maximum absolute atomic E-state index is 11.2. The Morgan fingerprint density at radius 1 is 1.36 bits per heavy atom. The maximum atomic E-state index is 11.2. The number of hydrogen-bond donors (Lipinski definition) is 2. The standard InChI is InChI=1S/C13H14ClN7O4/c14-8-1-2-9(10(7-8)21(23)24)19-3-5-20(6-4-19)13(16-22)11-12(15)18-25-17-11/h1-2,7,22H,3-6H2,(H2,15,18)/b16-13+. The fraction of sp³-hybridized carbons (Fsp3) is 0.308. The van der Waals surface area contributed by atoms with Gasteiger partial charge in [0.25, 0.3) is 5.69 Å². The van der Waals surface area contributed by atoms with Crippen molar-refractivity contribution < 1.29 is 14.8 Å². The molecule has 1 saturated heterocycles. The summed E-state index contributed by atoms with van der Waals surface area (Å²) >= 11 is 5.85. The number of benzene rings is 1.